The van der Waals surface area contributed by atoms with E-state index < -0.39 is 10.0 Å². The Bertz CT molecular complexity index is 1390. The van der Waals surface area contributed by atoms with E-state index >= 15 is 0 Å². The number of carbonyl (C=O) groups is 1. The van der Waals surface area contributed by atoms with Gasteiger partial charge in [0, 0.05) is 18.7 Å². The van der Waals surface area contributed by atoms with Crippen molar-refractivity contribution < 1.29 is 17.6 Å². The number of rotatable bonds is 10. The van der Waals surface area contributed by atoms with E-state index in [1.165, 1.54) is 27.8 Å². The first-order valence-electron chi connectivity index (χ1n) is 11.6. The van der Waals surface area contributed by atoms with Gasteiger partial charge in [-0.1, -0.05) is 31.3 Å². The number of aromatic nitrogens is 1. The van der Waals surface area contributed by atoms with E-state index in [2.05, 4.69) is 4.98 Å². The van der Waals surface area contributed by atoms with Gasteiger partial charge in [-0.25, -0.2) is 13.4 Å². The summed E-state index contributed by atoms with van der Waals surface area (Å²) in [6.45, 7) is 7.07. The molecule has 0 atom stereocenters. The standard InChI is InChI=1S/C26H29N3O4S2/c1-4-14-28(15-5-2)35(31,32)22-11-9-20(10-12-22)25(30)29(18-21-7-6-16-33-21)26-27-23-13-8-19(3)17-24(23)34-26/h6-13,16-17H,4-5,14-15,18H2,1-3H3. The monoisotopic (exact) mass is 511 g/mol. The van der Waals surface area contributed by atoms with Gasteiger partial charge in [-0.15, -0.1) is 0 Å². The Morgan fingerprint density at radius 2 is 1.74 bits per heavy atom. The van der Waals surface area contributed by atoms with Crippen LogP contribution in [0.4, 0.5) is 5.13 Å². The molecule has 0 radical (unpaired) electrons. The molecule has 0 fully saturated rings. The minimum Gasteiger partial charge on any atom is -0.467 e. The van der Waals surface area contributed by atoms with Crippen LogP contribution in [0.15, 0.2) is 70.2 Å². The van der Waals surface area contributed by atoms with Crippen LogP contribution < -0.4 is 4.90 Å². The predicted molar refractivity (Wildman–Crippen MR) is 139 cm³/mol. The molecule has 4 rings (SSSR count). The minimum atomic E-state index is -3.62. The van der Waals surface area contributed by atoms with Crippen molar-refractivity contribution in [2.45, 2.75) is 45.1 Å². The molecular formula is C26H29N3O4S2. The number of hydrogen-bond acceptors (Lipinski definition) is 6. The van der Waals surface area contributed by atoms with Crippen molar-refractivity contribution >= 4 is 42.6 Å². The number of benzene rings is 2. The number of anilines is 1. The molecule has 184 valence electrons. The van der Waals surface area contributed by atoms with Gasteiger partial charge >= 0.3 is 0 Å². The molecule has 0 aliphatic carbocycles. The number of amides is 1. The van der Waals surface area contributed by atoms with Crippen LogP contribution in [-0.4, -0.2) is 36.7 Å². The zero-order valence-corrected chi connectivity index (χ0v) is 21.7. The first kappa shape index (κ1) is 25.1. The van der Waals surface area contributed by atoms with Crippen molar-refractivity contribution in [1.29, 1.82) is 0 Å². The number of hydrogen-bond donors (Lipinski definition) is 0. The van der Waals surface area contributed by atoms with E-state index in [1.807, 2.05) is 45.0 Å². The van der Waals surface area contributed by atoms with Gasteiger partial charge in [-0.3, -0.25) is 9.69 Å². The maximum absolute atomic E-state index is 13.6. The van der Waals surface area contributed by atoms with Gasteiger partial charge in [-0.05, 0) is 73.9 Å². The molecule has 0 unspecified atom stereocenters. The molecule has 7 nitrogen and oxygen atoms in total. The molecule has 2 heterocycles. The van der Waals surface area contributed by atoms with Crippen LogP contribution in [0.25, 0.3) is 10.2 Å². The van der Waals surface area contributed by atoms with E-state index in [9.17, 15) is 13.2 Å². The van der Waals surface area contributed by atoms with Crippen LogP contribution in [0.1, 0.15) is 48.4 Å². The Kier molecular flexibility index (Phi) is 7.69. The number of furan rings is 1. The van der Waals surface area contributed by atoms with Gasteiger partial charge < -0.3 is 4.42 Å². The Hall–Kier alpha value is -3.01. The van der Waals surface area contributed by atoms with E-state index in [0.29, 0.717) is 29.5 Å². The molecule has 0 aliphatic rings. The zero-order chi connectivity index (χ0) is 25.0. The summed E-state index contributed by atoms with van der Waals surface area (Å²) in [6, 6.07) is 15.7. The Morgan fingerprint density at radius 3 is 2.37 bits per heavy atom. The summed E-state index contributed by atoms with van der Waals surface area (Å²) in [5.41, 5.74) is 2.32. The zero-order valence-electron chi connectivity index (χ0n) is 20.1. The van der Waals surface area contributed by atoms with Gasteiger partial charge in [0.1, 0.15) is 5.76 Å². The SMILES string of the molecule is CCCN(CCC)S(=O)(=O)c1ccc(C(=O)N(Cc2ccco2)c2nc3ccc(C)cc3s2)cc1. The lowest BCUT2D eigenvalue weighted by atomic mass is 10.2. The van der Waals surface area contributed by atoms with E-state index in [0.717, 1.165) is 28.6 Å². The fraction of sp³-hybridized carbons (Fsp3) is 0.308. The second-order valence-corrected chi connectivity index (χ2v) is 11.3. The van der Waals surface area contributed by atoms with Crippen LogP contribution >= 0.6 is 11.3 Å². The molecule has 0 saturated heterocycles. The van der Waals surface area contributed by atoms with Crippen LogP contribution in [0, 0.1) is 6.92 Å². The molecule has 0 spiro atoms. The molecule has 0 saturated carbocycles. The second kappa shape index (κ2) is 10.7. The van der Waals surface area contributed by atoms with Crippen molar-refractivity contribution in [3.63, 3.8) is 0 Å². The van der Waals surface area contributed by atoms with Crippen molar-refractivity contribution in [3.05, 3.63) is 77.7 Å². The van der Waals surface area contributed by atoms with Crippen LogP contribution in [0.5, 0.6) is 0 Å². The molecule has 1 amide bonds. The molecule has 4 aromatic rings. The smallest absolute Gasteiger partial charge is 0.260 e. The van der Waals surface area contributed by atoms with Crippen LogP contribution in [0.2, 0.25) is 0 Å². The number of sulfonamides is 1. The van der Waals surface area contributed by atoms with Gasteiger partial charge in [0.2, 0.25) is 10.0 Å². The van der Waals surface area contributed by atoms with Crippen molar-refractivity contribution in [3.8, 4) is 0 Å². The fourth-order valence-corrected chi connectivity index (χ4v) is 6.53. The third-order valence-electron chi connectivity index (χ3n) is 5.59. The third kappa shape index (κ3) is 5.47. The lowest BCUT2D eigenvalue weighted by Crippen LogP contribution is -2.33. The quantitative estimate of drug-likeness (QED) is 0.266. The van der Waals surface area contributed by atoms with E-state index in [1.54, 1.807) is 29.4 Å². The van der Waals surface area contributed by atoms with Crippen molar-refractivity contribution in [1.82, 2.24) is 9.29 Å². The van der Waals surface area contributed by atoms with Gasteiger partial charge in [0.05, 0.1) is 27.9 Å². The first-order chi connectivity index (χ1) is 16.8. The first-order valence-corrected chi connectivity index (χ1v) is 13.9. The maximum atomic E-state index is 13.6. The molecule has 0 N–H and O–H groups in total. The van der Waals surface area contributed by atoms with E-state index in [4.69, 9.17) is 4.42 Å². The average molecular weight is 512 g/mol. The summed E-state index contributed by atoms with van der Waals surface area (Å²) in [4.78, 5) is 20.0. The molecule has 0 bridgehead atoms. The highest BCUT2D eigenvalue weighted by atomic mass is 32.2. The summed E-state index contributed by atoms with van der Waals surface area (Å²) in [7, 11) is -3.62. The molecule has 2 aromatic carbocycles. The lowest BCUT2D eigenvalue weighted by molar-refractivity contribution is 0.0983. The highest BCUT2D eigenvalue weighted by Crippen LogP contribution is 2.32. The number of nitrogens with zero attached hydrogens (tertiary/aromatic N) is 3. The number of fused-ring (bicyclic) bond motifs is 1. The fourth-order valence-electron chi connectivity index (χ4n) is 3.85. The van der Waals surface area contributed by atoms with Crippen LogP contribution in [-0.2, 0) is 16.6 Å². The normalized spacial score (nSPS) is 11.9. The lowest BCUT2D eigenvalue weighted by Gasteiger charge is -2.21. The molecule has 0 aliphatic heterocycles. The minimum absolute atomic E-state index is 0.184. The second-order valence-electron chi connectivity index (χ2n) is 8.37. The van der Waals surface area contributed by atoms with Gasteiger partial charge in [0.25, 0.3) is 5.91 Å². The highest BCUT2D eigenvalue weighted by Gasteiger charge is 2.26. The van der Waals surface area contributed by atoms with Gasteiger partial charge in [-0.2, -0.15) is 4.31 Å². The van der Waals surface area contributed by atoms with Gasteiger partial charge in [0.15, 0.2) is 5.13 Å². The maximum Gasteiger partial charge on any atom is 0.260 e. The summed E-state index contributed by atoms with van der Waals surface area (Å²) in [5, 5.41) is 0.556. The predicted octanol–water partition coefficient (Wildman–Crippen LogP) is 5.86. The van der Waals surface area contributed by atoms with E-state index in [-0.39, 0.29) is 17.3 Å². The van der Waals surface area contributed by atoms with Crippen LogP contribution in [0.3, 0.4) is 0 Å². The molecular weight excluding hydrogens is 482 g/mol. The summed E-state index contributed by atoms with van der Waals surface area (Å²) in [5.74, 6) is 0.350. The number of carbonyl (C=O) groups excluding carboxylic acids is 1. The third-order valence-corrected chi connectivity index (χ3v) is 8.54. The average Bonchev–Trinajstić information content (AvgIpc) is 3.51. The topological polar surface area (TPSA) is 83.7 Å². The largest absolute Gasteiger partial charge is 0.467 e. The van der Waals surface area contributed by atoms with Crippen molar-refractivity contribution in [2.24, 2.45) is 0 Å². The summed E-state index contributed by atoms with van der Waals surface area (Å²) < 4.78 is 34.2. The number of aryl methyl sites for hydroxylation is 1. The molecule has 35 heavy (non-hydrogen) atoms. The Labute approximate surface area is 210 Å². The summed E-state index contributed by atoms with van der Waals surface area (Å²) >= 11 is 1.44. The summed E-state index contributed by atoms with van der Waals surface area (Å²) in [6.07, 6.45) is 3.04. The Balaban J connectivity index is 1.66. The molecule has 9 heteroatoms. The highest BCUT2D eigenvalue weighted by molar-refractivity contribution is 7.89. The Morgan fingerprint density at radius 1 is 1.03 bits per heavy atom. The molecule has 2 aromatic heterocycles. The number of thiazole rings is 1. The van der Waals surface area contributed by atoms with Crippen molar-refractivity contribution in [2.75, 3.05) is 18.0 Å².